The second-order valence-corrected chi connectivity index (χ2v) is 16.7. The highest BCUT2D eigenvalue weighted by Gasteiger charge is 2.39. The topological polar surface area (TPSA) is 101 Å². The van der Waals surface area contributed by atoms with E-state index in [9.17, 15) is 5.11 Å². The lowest BCUT2D eigenvalue weighted by atomic mass is 10.1. The van der Waals surface area contributed by atoms with Crippen LogP contribution in [0.1, 0.15) is 66.5 Å². The van der Waals surface area contributed by atoms with Crippen LogP contribution in [0.3, 0.4) is 0 Å². The standard InChI is InChI=1S/C29H44N4O5Si/c1-20(34)19-35-17-14-21(2)37-28-30-15-13-24(31-28)27-23-18-22(38-39(6,7)29(3,4)5)11-12-25(23)33(32-27)26-10-8-9-16-36-26/h11-13,15,18,20-21,26,34H,8-10,14,16-17,19H2,1-7H3. The van der Waals surface area contributed by atoms with Gasteiger partial charge < -0.3 is 23.7 Å². The first-order valence-electron chi connectivity index (χ1n) is 14.0. The molecule has 3 unspecified atom stereocenters. The molecular weight excluding hydrogens is 512 g/mol. The van der Waals surface area contributed by atoms with E-state index in [1.807, 2.05) is 23.7 Å². The molecule has 1 fully saturated rings. The summed E-state index contributed by atoms with van der Waals surface area (Å²) in [7, 11) is -2.02. The van der Waals surface area contributed by atoms with Crippen molar-refractivity contribution in [3.05, 3.63) is 30.5 Å². The van der Waals surface area contributed by atoms with E-state index in [2.05, 4.69) is 51.0 Å². The van der Waals surface area contributed by atoms with Crippen LogP contribution >= 0.6 is 0 Å². The van der Waals surface area contributed by atoms with E-state index in [0.717, 1.165) is 48.2 Å². The van der Waals surface area contributed by atoms with Crippen molar-refractivity contribution in [3.63, 3.8) is 0 Å². The zero-order valence-corrected chi connectivity index (χ0v) is 25.4. The second-order valence-electron chi connectivity index (χ2n) is 12.0. The van der Waals surface area contributed by atoms with E-state index in [1.165, 1.54) is 0 Å². The lowest BCUT2D eigenvalue weighted by molar-refractivity contribution is -0.0365. The fourth-order valence-electron chi connectivity index (χ4n) is 4.23. The van der Waals surface area contributed by atoms with Crippen molar-refractivity contribution in [3.8, 4) is 23.1 Å². The summed E-state index contributed by atoms with van der Waals surface area (Å²) in [6.07, 6.45) is 4.72. The molecule has 214 valence electrons. The first kappa shape index (κ1) is 29.4. The Morgan fingerprint density at radius 1 is 1.18 bits per heavy atom. The molecule has 0 aliphatic carbocycles. The van der Waals surface area contributed by atoms with Gasteiger partial charge >= 0.3 is 6.01 Å². The summed E-state index contributed by atoms with van der Waals surface area (Å²) in [6, 6.07) is 8.37. The molecule has 3 atom stereocenters. The molecule has 1 aliphatic rings. The van der Waals surface area contributed by atoms with Crippen molar-refractivity contribution in [2.45, 2.75) is 96.9 Å². The van der Waals surface area contributed by atoms with Gasteiger partial charge in [0.25, 0.3) is 0 Å². The monoisotopic (exact) mass is 556 g/mol. The summed E-state index contributed by atoms with van der Waals surface area (Å²) in [5, 5.41) is 15.4. The molecule has 0 amide bonds. The highest BCUT2D eigenvalue weighted by molar-refractivity contribution is 6.74. The maximum Gasteiger partial charge on any atom is 0.317 e. The SMILES string of the molecule is CC(O)COCCC(C)Oc1nccc(-c2nn(C3CCCCO3)c3ccc(O[Si](C)(C)C(C)(C)C)cc23)n1. The zero-order chi connectivity index (χ0) is 28.2. The van der Waals surface area contributed by atoms with Crippen LogP contribution in [-0.2, 0) is 9.47 Å². The van der Waals surface area contributed by atoms with Crippen LogP contribution in [-0.4, -0.2) is 65.2 Å². The second kappa shape index (κ2) is 12.3. The summed E-state index contributed by atoms with van der Waals surface area (Å²) in [6.45, 7) is 16.4. The zero-order valence-electron chi connectivity index (χ0n) is 24.4. The number of ether oxygens (including phenoxy) is 3. The fraction of sp³-hybridized carbons (Fsp3) is 0.621. The van der Waals surface area contributed by atoms with Gasteiger partial charge in [0.05, 0.1) is 30.5 Å². The van der Waals surface area contributed by atoms with Crippen LogP contribution in [0.2, 0.25) is 18.1 Å². The summed E-state index contributed by atoms with van der Waals surface area (Å²) in [5.41, 5.74) is 2.42. The maximum absolute atomic E-state index is 9.36. The van der Waals surface area contributed by atoms with Crippen LogP contribution in [0, 0.1) is 0 Å². The van der Waals surface area contributed by atoms with Crippen molar-refractivity contribution in [2.24, 2.45) is 0 Å². The Morgan fingerprint density at radius 2 is 1.97 bits per heavy atom. The molecule has 39 heavy (non-hydrogen) atoms. The van der Waals surface area contributed by atoms with Gasteiger partial charge in [0.2, 0.25) is 8.32 Å². The van der Waals surface area contributed by atoms with Gasteiger partial charge in [0.1, 0.15) is 17.5 Å². The Hall–Kier alpha value is -2.53. The third-order valence-corrected chi connectivity index (χ3v) is 11.9. The Morgan fingerprint density at radius 3 is 2.67 bits per heavy atom. The first-order chi connectivity index (χ1) is 18.4. The summed E-state index contributed by atoms with van der Waals surface area (Å²) < 4.78 is 26.2. The van der Waals surface area contributed by atoms with E-state index in [-0.39, 0.29) is 17.4 Å². The summed E-state index contributed by atoms with van der Waals surface area (Å²) in [5.74, 6) is 0.843. The lowest BCUT2D eigenvalue weighted by Gasteiger charge is -2.36. The van der Waals surface area contributed by atoms with Crippen LogP contribution in [0.4, 0.5) is 0 Å². The van der Waals surface area contributed by atoms with Crippen LogP contribution in [0.15, 0.2) is 30.5 Å². The predicted octanol–water partition coefficient (Wildman–Crippen LogP) is 6.13. The molecule has 0 saturated carbocycles. The average molecular weight is 557 g/mol. The van der Waals surface area contributed by atoms with E-state index < -0.39 is 14.4 Å². The maximum atomic E-state index is 9.36. The molecule has 4 rings (SSSR count). The first-order valence-corrected chi connectivity index (χ1v) is 16.9. The number of fused-ring (bicyclic) bond motifs is 1. The van der Waals surface area contributed by atoms with E-state index >= 15 is 0 Å². The number of aliphatic hydroxyl groups excluding tert-OH is 1. The number of hydrogen-bond acceptors (Lipinski definition) is 8. The minimum Gasteiger partial charge on any atom is -0.543 e. The van der Waals surface area contributed by atoms with Crippen LogP contribution in [0.5, 0.6) is 11.8 Å². The molecule has 1 aliphatic heterocycles. The smallest absolute Gasteiger partial charge is 0.317 e. The van der Waals surface area contributed by atoms with E-state index in [0.29, 0.717) is 31.3 Å². The third-order valence-electron chi connectivity index (χ3n) is 7.50. The van der Waals surface area contributed by atoms with Crippen molar-refractivity contribution < 1.29 is 23.7 Å². The van der Waals surface area contributed by atoms with Crippen molar-refractivity contribution >= 4 is 19.2 Å². The van der Waals surface area contributed by atoms with Gasteiger partial charge in [0.15, 0.2) is 6.23 Å². The number of benzene rings is 1. The Balaban J connectivity index is 1.64. The number of rotatable bonds is 11. The van der Waals surface area contributed by atoms with Crippen molar-refractivity contribution in [1.82, 2.24) is 19.7 Å². The highest BCUT2D eigenvalue weighted by atomic mass is 28.4. The molecule has 3 aromatic rings. The molecule has 2 aromatic heterocycles. The number of aromatic nitrogens is 4. The molecule has 1 N–H and O–H groups in total. The molecule has 10 heteroatoms. The molecule has 0 bridgehead atoms. The van der Waals surface area contributed by atoms with Gasteiger partial charge in [-0.2, -0.15) is 10.1 Å². The Labute approximate surface area is 233 Å². The van der Waals surface area contributed by atoms with Gasteiger partial charge in [-0.1, -0.05) is 20.8 Å². The lowest BCUT2D eigenvalue weighted by Crippen LogP contribution is -2.43. The highest BCUT2D eigenvalue weighted by Crippen LogP contribution is 2.39. The predicted molar refractivity (Wildman–Crippen MR) is 155 cm³/mol. The molecule has 1 saturated heterocycles. The van der Waals surface area contributed by atoms with Gasteiger partial charge in [0, 0.05) is 24.6 Å². The summed E-state index contributed by atoms with van der Waals surface area (Å²) in [4.78, 5) is 9.07. The fourth-order valence-corrected chi connectivity index (χ4v) is 5.25. The van der Waals surface area contributed by atoms with Crippen LogP contribution < -0.4 is 9.16 Å². The van der Waals surface area contributed by atoms with Crippen molar-refractivity contribution in [2.75, 3.05) is 19.8 Å². The van der Waals surface area contributed by atoms with Gasteiger partial charge in [-0.15, -0.1) is 0 Å². The molecular formula is C29H44N4O5Si. The van der Waals surface area contributed by atoms with E-state index in [1.54, 1.807) is 13.1 Å². The quantitative estimate of drug-likeness (QED) is 0.222. The molecule has 0 spiro atoms. The van der Waals surface area contributed by atoms with Gasteiger partial charge in [-0.3, -0.25) is 0 Å². The van der Waals surface area contributed by atoms with Gasteiger partial charge in [-0.25, -0.2) is 9.67 Å². The number of aliphatic hydroxyl groups is 1. The minimum absolute atomic E-state index is 0.0852. The van der Waals surface area contributed by atoms with Crippen LogP contribution in [0.25, 0.3) is 22.3 Å². The third kappa shape index (κ3) is 7.36. The average Bonchev–Trinajstić information content (AvgIpc) is 3.25. The number of hydrogen-bond donors (Lipinski definition) is 1. The minimum atomic E-state index is -2.02. The molecule has 1 aromatic carbocycles. The molecule has 9 nitrogen and oxygen atoms in total. The number of nitrogens with zero attached hydrogens (tertiary/aromatic N) is 4. The van der Waals surface area contributed by atoms with Crippen molar-refractivity contribution in [1.29, 1.82) is 0 Å². The normalized spacial score (nSPS) is 18.2. The summed E-state index contributed by atoms with van der Waals surface area (Å²) >= 11 is 0. The van der Waals surface area contributed by atoms with Gasteiger partial charge in [-0.05, 0) is 75.5 Å². The largest absolute Gasteiger partial charge is 0.543 e. The van der Waals surface area contributed by atoms with E-state index in [4.69, 9.17) is 28.7 Å². The Bertz CT molecular complexity index is 1230. The molecule has 3 heterocycles. The molecule has 0 radical (unpaired) electrons. The Kier molecular flexibility index (Phi) is 9.31.